The fourth-order valence-electron chi connectivity index (χ4n) is 0.545. The Labute approximate surface area is 73.1 Å². The first-order valence-corrected chi connectivity index (χ1v) is 4.17. The normalized spacial score (nSPS) is 10.6. The van der Waals surface area contributed by atoms with Crippen LogP contribution in [0.5, 0.6) is 0 Å². The number of alkyl halides is 1. The highest BCUT2D eigenvalue weighted by atomic mass is 35.5. The SMILES string of the molecule is C/C(C#CCCCCl)=C/CO. The highest BCUT2D eigenvalue weighted by Gasteiger charge is 1.79. The summed E-state index contributed by atoms with van der Waals surface area (Å²) in [6.07, 6.45) is 3.45. The molecule has 0 aliphatic rings. The van der Waals surface area contributed by atoms with Crippen molar-refractivity contribution in [1.82, 2.24) is 0 Å². The third kappa shape index (κ3) is 7.45. The summed E-state index contributed by atoms with van der Waals surface area (Å²) in [5, 5.41) is 8.47. The van der Waals surface area contributed by atoms with E-state index in [9.17, 15) is 0 Å². The van der Waals surface area contributed by atoms with E-state index < -0.39 is 0 Å². The molecule has 0 aromatic rings. The summed E-state index contributed by atoms with van der Waals surface area (Å²) in [4.78, 5) is 0. The first-order chi connectivity index (χ1) is 5.31. The van der Waals surface area contributed by atoms with Crippen LogP contribution < -0.4 is 0 Å². The Morgan fingerprint density at radius 1 is 1.64 bits per heavy atom. The second-order valence-electron chi connectivity index (χ2n) is 2.16. The van der Waals surface area contributed by atoms with Crippen LogP contribution in [-0.2, 0) is 0 Å². The molecule has 0 bridgehead atoms. The summed E-state index contributed by atoms with van der Waals surface area (Å²) in [6.45, 7) is 1.94. The van der Waals surface area contributed by atoms with Crippen molar-refractivity contribution in [3.8, 4) is 11.8 Å². The van der Waals surface area contributed by atoms with Crippen LogP contribution in [0.2, 0.25) is 0 Å². The highest BCUT2D eigenvalue weighted by molar-refractivity contribution is 6.17. The number of allylic oxidation sites excluding steroid dienone is 1. The first kappa shape index (κ1) is 10.6. The number of aliphatic hydroxyl groups excluding tert-OH is 1. The van der Waals surface area contributed by atoms with E-state index in [0.29, 0.717) is 5.88 Å². The molecule has 0 amide bonds. The maximum absolute atomic E-state index is 8.47. The molecule has 0 atom stereocenters. The van der Waals surface area contributed by atoms with Gasteiger partial charge in [-0.05, 0) is 25.0 Å². The average molecular weight is 173 g/mol. The van der Waals surface area contributed by atoms with Gasteiger partial charge in [0.25, 0.3) is 0 Å². The van der Waals surface area contributed by atoms with Gasteiger partial charge in [0.15, 0.2) is 0 Å². The Morgan fingerprint density at radius 2 is 2.36 bits per heavy atom. The number of hydrogen-bond donors (Lipinski definition) is 1. The van der Waals surface area contributed by atoms with Crippen LogP contribution in [0.4, 0.5) is 0 Å². The van der Waals surface area contributed by atoms with Gasteiger partial charge in [-0.2, -0.15) is 0 Å². The molecule has 0 rings (SSSR count). The molecular formula is C9H13ClO. The van der Waals surface area contributed by atoms with E-state index in [1.807, 2.05) is 6.92 Å². The standard InChI is InChI=1S/C9H13ClO/c1-9(6-8-11)5-3-2-4-7-10/h6,11H,2,4,7-8H2,1H3/b9-6-. The lowest BCUT2D eigenvalue weighted by Crippen LogP contribution is -1.77. The Bertz CT molecular complexity index is 174. The topological polar surface area (TPSA) is 20.2 Å². The smallest absolute Gasteiger partial charge is 0.0624 e. The number of aliphatic hydroxyl groups is 1. The van der Waals surface area contributed by atoms with E-state index in [1.165, 1.54) is 0 Å². The zero-order valence-electron chi connectivity index (χ0n) is 6.73. The van der Waals surface area contributed by atoms with Gasteiger partial charge in [-0.3, -0.25) is 0 Å². The lowest BCUT2D eigenvalue weighted by molar-refractivity contribution is 0.342. The average Bonchev–Trinajstić information content (AvgIpc) is 1.99. The van der Waals surface area contributed by atoms with Crippen LogP contribution in [-0.4, -0.2) is 17.6 Å². The Morgan fingerprint density at radius 3 is 2.91 bits per heavy atom. The second-order valence-corrected chi connectivity index (χ2v) is 2.54. The first-order valence-electron chi connectivity index (χ1n) is 3.63. The molecule has 1 nitrogen and oxygen atoms in total. The van der Waals surface area contributed by atoms with Gasteiger partial charge in [-0.15, -0.1) is 11.6 Å². The fourth-order valence-corrected chi connectivity index (χ4v) is 0.679. The summed E-state index contributed by atoms with van der Waals surface area (Å²) in [6, 6.07) is 0. The van der Waals surface area contributed by atoms with Crippen LogP contribution in [0, 0.1) is 11.8 Å². The number of unbranched alkanes of at least 4 members (excludes halogenated alkanes) is 1. The summed E-state index contributed by atoms with van der Waals surface area (Å²) >= 11 is 5.46. The predicted octanol–water partition coefficient (Wildman–Crippen LogP) is 1.95. The van der Waals surface area contributed by atoms with Gasteiger partial charge in [0, 0.05) is 12.3 Å². The van der Waals surface area contributed by atoms with Crippen LogP contribution in [0.1, 0.15) is 19.8 Å². The monoisotopic (exact) mass is 172 g/mol. The number of hydrogen-bond acceptors (Lipinski definition) is 1. The summed E-state index contributed by atoms with van der Waals surface area (Å²) in [7, 11) is 0. The fraction of sp³-hybridized carbons (Fsp3) is 0.556. The van der Waals surface area contributed by atoms with Crippen molar-refractivity contribution in [2.75, 3.05) is 12.5 Å². The molecule has 0 heterocycles. The zero-order valence-corrected chi connectivity index (χ0v) is 7.49. The van der Waals surface area contributed by atoms with Crippen molar-refractivity contribution in [2.45, 2.75) is 19.8 Å². The van der Waals surface area contributed by atoms with Gasteiger partial charge >= 0.3 is 0 Å². The largest absolute Gasteiger partial charge is 0.392 e. The van der Waals surface area contributed by atoms with Gasteiger partial charge in [-0.25, -0.2) is 0 Å². The predicted molar refractivity (Wildman–Crippen MR) is 48.6 cm³/mol. The third-order valence-corrected chi connectivity index (χ3v) is 1.39. The molecule has 2 heteroatoms. The van der Waals surface area contributed by atoms with Crippen molar-refractivity contribution in [2.24, 2.45) is 0 Å². The van der Waals surface area contributed by atoms with Gasteiger partial charge in [0.1, 0.15) is 0 Å². The van der Waals surface area contributed by atoms with E-state index in [4.69, 9.17) is 16.7 Å². The molecule has 0 aromatic heterocycles. The van der Waals surface area contributed by atoms with E-state index >= 15 is 0 Å². The minimum Gasteiger partial charge on any atom is -0.392 e. The van der Waals surface area contributed by atoms with Crippen LogP contribution in [0.25, 0.3) is 0 Å². The number of halogens is 1. The summed E-state index contributed by atoms with van der Waals surface area (Å²) in [5.41, 5.74) is 0.919. The molecule has 0 saturated heterocycles. The molecule has 0 unspecified atom stereocenters. The van der Waals surface area contributed by atoms with E-state index in [-0.39, 0.29) is 6.61 Å². The van der Waals surface area contributed by atoms with Crippen LogP contribution >= 0.6 is 11.6 Å². The Hall–Kier alpha value is -0.450. The molecule has 0 aromatic carbocycles. The van der Waals surface area contributed by atoms with Crippen molar-refractivity contribution in [1.29, 1.82) is 0 Å². The molecule has 0 fully saturated rings. The molecule has 0 saturated carbocycles. The molecule has 0 spiro atoms. The lowest BCUT2D eigenvalue weighted by atomic mass is 10.2. The minimum absolute atomic E-state index is 0.0655. The Balaban J connectivity index is 3.59. The zero-order chi connectivity index (χ0) is 8.53. The van der Waals surface area contributed by atoms with Crippen molar-refractivity contribution < 1.29 is 5.11 Å². The summed E-state index contributed by atoms with van der Waals surface area (Å²) < 4.78 is 0. The molecule has 0 radical (unpaired) electrons. The molecular weight excluding hydrogens is 160 g/mol. The van der Waals surface area contributed by atoms with Crippen molar-refractivity contribution >= 4 is 11.6 Å². The number of rotatable bonds is 3. The van der Waals surface area contributed by atoms with Crippen molar-refractivity contribution in [3.63, 3.8) is 0 Å². The van der Waals surface area contributed by atoms with Crippen LogP contribution in [0.15, 0.2) is 11.6 Å². The third-order valence-electron chi connectivity index (χ3n) is 1.12. The van der Waals surface area contributed by atoms with Crippen molar-refractivity contribution in [3.05, 3.63) is 11.6 Å². The maximum atomic E-state index is 8.47. The van der Waals surface area contributed by atoms with Gasteiger partial charge < -0.3 is 5.11 Å². The maximum Gasteiger partial charge on any atom is 0.0624 e. The second kappa shape index (κ2) is 7.65. The lowest BCUT2D eigenvalue weighted by Gasteiger charge is -1.85. The van der Waals surface area contributed by atoms with Gasteiger partial charge in [0.05, 0.1) is 6.61 Å². The van der Waals surface area contributed by atoms with E-state index in [1.54, 1.807) is 6.08 Å². The van der Waals surface area contributed by atoms with E-state index in [2.05, 4.69) is 11.8 Å². The molecule has 1 N–H and O–H groups in total. The highest BCUT2D eigenvalue weighted by Crippen LogP contribution is 1.91. The minimum atomic E-state index is 0.0655. The summed E-state index contributed by atoms with van der Waals surface area (Å²) in [5.74, 6) is 6.53. The molecule has 0 aliphatic carbocycles. The van der Waals surface area contributed by atoms with Gasteiger partial charge in [0.2, 0.25) is 0 Å². The molecule has 0 aliphatic heterocycles. The van der Waals surface area contributed by atoms with Gasteiger partial charge in [-0.1, -0.05) is 11.8 Å². The molecule has 11 heavy (non-hydrogen) atoms. The van der Waals surface area contributed by atoms with Crippen LogP contribution in [0.3, 0.4) is 0 Å². The van der Waals surface area contributed by atoms with E-state index in [0.717, 1.165) is 18.4 Å². The quantitative estimate of drug-likeness (QED) is 0.392. The molecule has 62 valence electrons. The Kier molecular flexibility index (Phi) is 7.34.